The molecule has 0 spiro atoms. The summed E-state index contributed by atoms with van der Waals surface area (Å²) in [7, 11) is 0. The van der Waals surface area contributed by atoms with E-state index in [4.69, 9.17) is 0 Å². The second kappa shape index (κ2) is 8.13. The first-order valence-corrected chi connectivity index (χ1v) is 10.1. The molecule has 130 valence electrons. The third kappa shape index (κ3) is 4.17. The van der Waals surface area contributed by atoms with Gasteiger partial charge >= 0.3 is 0 Å². The number of aryl methyl sites for hydroxylation is 1. The maximum absolute atomic E-state index is 12.4. The molecule has 3 rings (SSSR count). The van der Waals surface area contributed by atoms with E-state index in [1.165, 1.54) is 42.5 Å². The molecule has 1 aromatic rings. The molecule has 1 fully saturated rings. The summed E-state index contributed by atoms with van der Waals surface area (Å²) in [5.41, 5.74) is 1.92. The summed E-state index contributed by atoms with van der Waals surface area (Å²) < 4.78 is 0. The summed E-state index contributed by atoms with van der Waals surface area (Å²) in [6.45, 7) is 4.72. The van der Waals surface area contributed by atoms with E-state index in [-0.39, 0.29) is 5.91 Å². The number of thiophene rings is 1. The molecule has 0 bridgehead atoms. The van der Waals surface area contributed by atoms with E-state index in [9.17, 15) is 10.1 Å². The van der Waals surface area contributed by atoms with Crippen LogP contribution in [-0.4, -0.2) is 30.4 Å². The Morgan fingerprint density at radius 1 is 1.25 bits per heavy atom. The number of nitrogens with zero attached hydrogens (tertiary/aromatic N) is 2. The van der Waals surface area contributed by atoms with Gasteiger partial charge in [-0.2, -0.15) is 5.26 Å². The van der Waals surface area contributed by atoms with Gasteiger partial charge in [-0.15, -0.1) is 11.3 Å². The van der Waals surface area contributed by atoms with Gasteiger partial charge in [0, 0.05) is 4.88 Å². The second-order valence-corrected chi connectivity index (χ2v) is 8.35. The van der Waals surface area contributed by atoms with Crippen molar-refractivity contribution in [2.45, 2.75) is 58.3 Å². The Hall–Kier alpha value is -1.38. The standard InChI is InChI=1S/C19H27N3OS/c1-14-8-10-22(11-9-14)13-18(23)21-19-16(12-20)15-6-4-2-3-5-7-17(15)24-19/h14H,2-11,13H2,1H3,(H,21,23). The largest absolute Gasteiger partial charge is 0.315 e. The highest BCUT2D eigenvalue weighted by atomic mass is 32.1. The number of carbonyl (C=O) groups excluding carboxylic acids is 1. The molecule has 0 aromatic carbocycles. The van der Waals surface area contributed by atoms with Crippen molar-refractivity contribution in [1.29, 1.82) is 5.26 Å². The van der Waals surface area contributed by atoms with Gasteiger partial charge in [0.15, 0.2) is 0 Å². The molecule has 24 heavy (non-hydrogen) atoms. The summed E-state index contributed by atoms with van der Waals surface area (Å²) >= 11 is 1.63. The first-order valence-electron chi connectivity index (χ1n) is 9.24. The summed E-state index contributed by atoms with van der Waals surface area (Å²) in [5.74, 6) is 0.793. The zero-order valence-corrected chi connectivity index (χ0v) is 15.4. The van der Waals surface area contributed by atoms with Crippen molar-refractivity contribution in [1.82, 2.24) is 4.90 Å². The predicted octanol–water partition coefficient (Wildman–Crippen LogP) is 3.95. The Kier molecular flexibility index (Phi) is 5.91. The predicted molar refractivity (Wildman–Crippen MR) is 98.4 cm³/mol. The molecular weight excluding hydrogens is 318 g/mol. The Bertz CT molecular complexity index is 623. The van der Waals surface area contributed by atoms with Crippen LogP contribution in [0.3, 0.4) is 0 Å². The lowest BCUT2D eigenvalue weighted by atomic mass is 9.97. The first kappa shape index (κ1) is 17.4. The molecule has 1 aliphatic heterocycles. The highest BCUT2D eigenvalue weighted by molar-refractivity contribution is 7.16. The van der Waals surface area contributed by atoms with E-state index in [2.05, 4.69) is 23.2 Å². The number of rotatable bonds is 3. The maximum Gasteiger partial charge on any atom is 0.239 e. The molecule has 1 aliphatic carbocycles. The minimum atomic E-state index is 0.0234. The van der Waals surface area contributed by atoms with E-state index < -0.39 is 0 Å². The minimum absolute atomic E-state index is 0.0234. The number of hydrogen-bond donors (Lipinski definition) is 1. The molecule has 4 nitrogen and oxygen atoms in total. The molecule has 2 aliphatic rings. The van der Waals surface area contributed by atoms with Gasteiger partial charge in [-0.1, -0.05) is 19.8 Å². The summed E-state index contributed by atoms with van der Waals surface area (Å²) in [6.07, 6.45) is 9.23. The van der Waals surface area contributed by atoms with E-state index in [0.717, 1.165) is 48.8 Å². The smallest absolute Gasteiger partial charge is 0.239 e. The fraction of sp³-hybridized carbons (Fsp3) is 0.684. The van der Waals surface area contributed by atoms with E-state index >= 15 is 0 Å². The third-order valence-electron chi connectivity index (χ3n) is 5.28. The van der Waals surface area contributed by atoms with Crippen molar-refractivity contribution in [2.24, 2.45) is 5.92 Å². The normalized spacial score (nSPS) is 19.8. The number of nitriles is 1. The van der Waals surface area contributed by atoms with E-state index in [1.54, 1.807) is 11.3 Å². The summed E-state index contributed by atoms with van der Waals surface area (Å²) in [5, 5.41) is 13.4. The second-order valence-electron chi connectivity index (χ2n) is 7.24. The summed E-state index contributed by atoms with van der Waals surface area (Å²) in [4.78, 5) is 16.0. The van der Waals surface area contributed by atoms with Crippen LogP contribution in [-0.2, 0) is 17.6 Å². The fourth-order valence-electron chi connectivity index (χ4n) is 3.72. The number of nitrogens with one attached hydrogen (secondary N) is 1. The van der Waals surface area contributed by atoms with Crippen LogP contribution in [0.25, 0.3) is 0 Å². The van der Waals surface area contributed by atoms with Crippen LogP contribution in [0, 0.1) is 17.2 Å². The molecular formula is C19H27N3OS. The SMILES string of the molecule is CC1CCN(CC(=O)Nc2sc3c(c2C#N)CCCCCC3)CC1. The van der Waals surface area contributed by atoms with E-state index in [0.29, 0.717) is 6.54 Å². The van der Waals surface area contributed by atoms with Crippen LogP contribution in [0.4, 0.5) is 5.00 Å². The maximum atomic E-state index is 12.4. The molecule has 0 unspecified atom stereocenters. The van der Waals surface area contributed by atoms with Crippen LogP contribution in [0.1, 0.15) is 61.5 Å². The monoisotopic (exact) mass is 345 g/mol. The third-order valence-corrected chi connectivity index (χ3v) is 6.49. The Labute approximate surface area is 148 Å². The van der Waals surface area contributed by atoms with Crippen molar-refractivity contribution in [3.63, 3.8) is 0 Å². The van der Waals surface area contributed by atoms with Gasteiger partial charge in [-0.3, -0.25) is 9.69 Å². The number of amides is 1. The first-order chi connectivity index (χ1) is 11.7. The molecule has 0 saturated carbocycles. The highest BCUT2D eigenvalue weighted by Gasteiger charge is 2.22. The molecule has 1 N–H and O–H groups in total. The Morgan fingerprint density at radius 2 is 1.96 bits per heavy atom. The van der Waals surface area contributed by atoms with E-state index in [1.807, 2.05) is 0 Å². The molecule has 1 aromatic heterocycles. The number of fused-ring (bicyclic) bond motifs is 1. The number of anilines is 1. The van der Waals surface area contributed by atoms with Crippen LogP contribution in [0.2, 0.25) is 0 Å². The van der Waals surface area contributed by atoms with Gasteiger partial charge in [-0.25, -0.2) is 0 Å². The lowest BCUT2D eigenvalue weighted by Gasteiger charge is -2.29. The van der Waals surface area contributed by atoms with Crippen LogP contribution >= 0.6 is 11.3 Å². The average Bonchev–Trinajstić information content (AvgIpc) is 2.85. The number of piperidine rings is 1. The van der Waals surface area contributed by atoms with Crippen molar-refractivity contribution >= 4 is 22.2 Å². The Balaban J connectivity index is 1.67. The lowest BCUT2D eigenvalue weighted by molar-refractivity contribution is -0.117. The van der Waals surface area contributed by atoms with Gasteiger partial charge in [0.1, 0.15) is 11.1 Å². The average molecular weight is 346 g/mol. The zero-order chi connectivity index (χ0) is 16.9. The van der Waals surface area contributed by atoms with Crippen molar-refractivity contribution in [2.75, 3.05) is 25.0 Å². The van der Waals surface area contributed by atoms with Crippen LogP contribution in [0.15, 0.2) is 0 Å². The molecule has 2 heterocycles. The number of hydrogen-bond acceptors (Lipinski definition) is 4. The van der Waals surface area contributed by atoms with Gasteiger partial charge in [0.25, 0.3) is 0 Å². The summed E-state index contributed by atoms with van der Waals surface area (Å²) in [6, 6.07) is 2.35. The molecule has 5 heteroatoms. The quantitative estimate of drug-likeness (QED) is 0.902. The van der Waals surface area contributed by atoms with Gasteiger partial charge in [0.05, 0.1) is 12.1 Å². The molecule has 0 radical (unpaired) electrons. The van der Waals surface area contributed by atoms with Crippen molar-refractivity contribution in [3.8, 4) is 6.07 Å². The number of likely N-dealkylation sites (tertiary alicyclic amines) is 1. The minimum Gasteiger partial charge on any atom is -0.315 e. The Morgan fingerprint density at radius 3 is 2.67 bits per heavy atom. The van der Waals surface area contributed by atoms with Gasteiger partial charge in [0.2, 0.25) is 5.91 Å². The zero-order valence-electron chi connectivity index (χ0n) is 14.6. The van der Waals surface area contributed by atoms with Crippen LogP contribution < -0.4 is 5.32 Å². The molecule has 0 atom stereocenters. The topological polar surface area (TPSA) is 56.1 Å². The van der Waals surface area contributed by atoms with Crippen LogP contribution in [0.5, 0.6) is 0 Å². The van der Waals surface area contributed by atoms with Crippen molar-refractivity contribution in [3.05, 3.63) is 16.0 Å². The fourth-order valence-corrected chi connectivity index (χ4v) is 4.97. The van der Waals surface area contributed by atoms with Gasteiger partial charge < -0.3 is 5.32 Å². The highest BCUT2D eigenvalue weighted by Crippen LogP contribution is 2.36. The van der Waals surface area contributed by atoms with Gasteiger partial charge in [-0.05, 0) is 63.1 Å². The van der Waals surface area contributed by atoms with Crippen molar-refractivity contribution < 1.29 is 4.79 Å². The molecule has 1 saturated heterocycles. The molecule has 1 amide bonds. The lowest BCUT2D eigenvalue weighted by Crippen LogP contribution is -2.38. The number of carbonyl (C=O) groups is 1.